The molecule has 1 fully saturated rings. The van der Waals surface area contributed by atoms with Crippen molar-refractivity contribution < 1.29 is 14.3 Å². The monoisotopic (exact) mass is 540 g/mol. The second kappa shape index (κ2) is 13.1. The van der Waals surface area contributed by atoms with Crippen molar-refractivity contribution in [3.63, 3.8) is 0 Å². The summed E-state index contributed by atoms with van der Waals surface area (Å²) < 4.78 is 13.1. The average molecular weight is 541 g/mol. The number of amides is 1. The summed E-state index contributed by atoms with van der Waals surface area (Å²) in [6, 6.07) is 18.7. The van der Waals surface area contributed by atoms with E-state index in [2.05, 4.69) is 63.8 Å². The fraction of sp³-hybridized carbons (Fsp3) is 0.424. The fourth-order valence-electron chi connectivity index (χ4n) is 5.92. The number of pyridine rings is 1. The Morgan fingerprint density at radius 2 is 1.93 bits per heavy atom. The molecule has 7 nitrogen and oxygen atoms in total. The SMILES string of the molecule is COCCCn1c([C@@H]2CCCN(C(=O)C[C@H](C)Cc3ccc(-c4cnccc4OC)cc3)C2)nc2ccccc21. The summed E-state index contributed by atoms with van der Waals surface area (Å²) in [5.41, 5.74) is 5.48. The second-order valence-electron chi connectivity index (χ2n) is 10.9. The van der Waals surface area contributed by atoms with Gasteiger partial charge in [-0.1, -0.05) is 43.3 Å². The van der Waals surface area contributed by atoms with Gasteiger partial charge in [0.2, 0.25) is 5.91 Å². The van der Waals surface area contributed by atoms with Gasteiger partial charge in [0, 0.05) is 63.6 Å². The minimum atomic E-state index is 0.246. The lowest BCUT2D eigenvalue weighted by Crippen LogP contribution is -2.40. The van der Waals surface area contributed by atoms with E-state index >= 15 is 0 Å². The van der Waals surface area contributed by atoms with Gasteiger partial charge in [-0.15, -0.1) is 0 Å². The molecule has 210 valence electrons. The maximum Gasteiger partial charge on any atom is 0.222 e. The Kier molecular flexibility index (Phi) is 9.12. The molecule has 0 unspecified atom stereocenters. The fourth-order valence-corrected chi connectivity index (χ4v) is 5.92. The maximum absolute atomic E-state index is 13.4. The first kappa shape index (κ1) is 27.8. The maximum atomic E-state index is 13.4. The predicted octanol–water partition coefficient (Wildman–Crippen LogP) is 6.12. The average Bonchev–Trinajstić information content (AvgIpc) is 3.36. The van der Waals surface area contributed by atoms with Crippen molar-refractivity contribution >= 4 is 16.9 Å². The predicted molar refractivity (Wildman–Crippen MR) is 158 cm³/mol. The van der Waals surface area contributed by atoms with Crippen LogP contribution < -0.4 is 4.74 Å². The lowest BCUT2D eigenvalue weighted by molar-refractivity contribution is -0.133. The molecule has 4 aromatic rings. The van der Waals surface area contributed by atoms with Gasteiger partial charge < -0.3 is 18.9 Å². The summed E-state index contributed by atoms with van der Waals surface area (Å²) in [6.45, 7) is 5.33. The van der Waals surface area contributed by atoms with Crippen LogP contribution in [-0.2, 0) is 22.5 Å². The molecule has 5 rings (SSSR count). The first-order valence-corrected chi connectivity index (χ1v) is 14.4. The van der Waals surface area contributed by atoms with Crippen LogP contribution in [0.5, 0.6) is 5.75 Å². The van der Waals surface area contributed by atoms with E-state index in [1.807, 2.05) is 18.3 Å². The number of hydrogen-bond acceptors (Lipinski definition) is 5. The van der Waals surface area contributed by atoms with Crippen LogP contribution in [0.3, 0.4) is 0 Å². The van der Waals surface area contributed by atoms with Crippen LogP contribution in [-0.4, -0.2) is 59.3 Å². The van der Waals surface area contributed by atoms with Gasteiger partial charge in [-0.25, -0.2) is 4.98 Å². The summed E-state index contributed by atoms with van der Waals surface area (Å²) in [7, 11) is 3.42. The lowest BCUT2D eigenvalue weighted by atomic mass is 9.93. The number of nitrogens with zero attached hydrogens (tertiary/aromatic N) is 4. The van der Waals surface area contributed by atoms with Crippen molar-refractivity contribution in [2.75, 3.05) is 33.9 Å². The zero-order valence-electron chi connectivity index (χ0n) is 23.9. The molecule has 40 heavy (non-hydrogen) atoms. The van der Waals surface area contributed by atoms with Gasteiger partial charge in [-0.05, 0) is 60.9 Å². The molecule has 0 spiro atoms. The highest BCUT2D eigenvalue weighted by atomic mass is 16.5. The molecule has 0 bridgehead atoms. The van der Waals surface area contributed by atoms with E-state index in [0.29, 0.717) is 6.42 Å². The molecule has 1 saturated heterocycles. The van der Waals surface area contributed by atoms with Crippen LogP contribution in [0.2, 0.25) is 0 Å². The molecule has 3 heterocycles. The first-order chi connectivity index (χ1) is 19.6. The molecule has 0 radical (unpaired) electrons. The molecule has 0 N–H and O–H groups in total. The van der Waals surface area contributed by atoms with Gasteiger partial charge in [-0.3, -0.25) is 9.78 Å². The molecular formula is C33H40N4O3. The van der Waals surface area contributed by atoms with Crippen LogP contribution in [0, 0.1) is 5.92 Å². The number of benzene rings is 2. The summed E-state index contributed by atoms with van der Waals surface area (Å²) in [5.74, 6) is 2.67. The smallest absolute Gasteiger partial charge is 0.222 e. The van der Waals surface area contributed by atoms with Gasteiger partial charge in [-0.2, -0.15) is 0 Å². The number of carbonyl (C=O) groups excluding carboxylic acids is 1. The number of carbonyl (C=O) groups is 1. The van der Waals surface area contributed by atoms with E-state index in [0.717, 1.165) is 80.1 Å². The van der Waals surface area contributed by atoms with E-state index in [4.69, 9.17) is 14.5 Å². The van der Waals surface area contributed by atoms with Crippen LogP contribution in [0.1, 0.15) is 49.9 Å². The third-order valence-corrected chi connectivity index (χ3v) is 7.93. The van der Waals surface area contributed by atoms with Gasteiger partial charge >= 0.3 is 0 Å². The number of ether oxygens (including phenoxy) is 2. The third-order valence-electron chi connectivity index (χ3n) is 7.93. The van der Waals surface area contributed by atoms with Gasteiger partial charge in [0.1, 0.15) is 11.6 Å². The first-order valence-electron chi connectivity index (χ1n) is 14.4. The molecule has 2 aromatic heterocycles. The largest absolute Gasteiger partial charge is 0.496 e. The normalized spacial score (nSPS) is 16.3. The molecule has 7 heteroatoms. The molecule has 0 aliphatic carbocycles. The number of para-hydroxylation sites is 2. The summed E-state index contributed by atoms with van der Waals surface area (Å²) in [6.07, 6.45) is 7.98. The molecule has 1 aliphatic heterocycles. The Labute approximate surface area is 237 Å². The number of aryl methyl sites for hydroxylation is 1. The van der Waals surface area contributed by atoms with Crippen molar-refractivity contribution in [1.82, 2.24) is 19.4 Å². The summed E-state index contributed by atoms with van der Waals surface area (Å²) in [4.78, 5) is 24.8. The highest BCUT2D eigenvalue weighted by molar-refractivity contribution is 5.77. The summed E-state index contributed by atoms with van der Waals surface area (Å²) in [5, 5.41) is 0. The van der Waals surface area contributed by atoms with Crippen molar-refractivity contribution in [2.45, 2.75) is 51.5 Å². The minimum Gasteiger partial charge on any atom is -0.496 e. The van der Waals surface area contributed by atoms with E-state index in [9.17, 15) is 4.79 Å². The highest BCUT2D eigenvalue weighted by Crippen LogP contribution is 2.31. The quantitative estimate of drug-likeness (QED) is 0.215. The number of imidazole rings is 1. The van der Waals surface area contributed by atoms with Gasteiger partial charge in [0.25, 0.3) is 0 Å². The number of methoxy groups -OCH3 is 2. The summed E-state index contributed by atoms with van der Waals surface area (Å²) >= 11 is 0. The van der Waals surface area contributed by atoms with Crippen molar-refractivity contribution in [3.05, 3.63) is 78.4 Å². The zero-order valence-corrected chi connectivity index (χ0v) is 23.9. The molecule has 1 amide bonds. The van der Waals surface area contributed by atoms with Crippen LogP contribution in [0.25, 0.3) is 22.2 Å². The third kappa shape index (κ3) is 6.36. The molecule has 2 aromatic carbocycles. The highest BCUT2D eigenvalue weighted by Gasteiger charge is 2.29. The van der Waals surface area contributed by atoms with Crippen molar-refractivity contribution in [3.8, 4) is 16.9 Å². The Morgan fingerprint density at radius 3 is 2.73 bits per heavy atom. The van der Waals surface area contributed by atoms with Crippen LogP contribution in [0.15, 0.2) is 67.0 Å². The number of likely N-dealkylation sites (tertiary alicyclic amines) is 1. The van der Waals surface area contributed by atoms with Gasteiger partial charge in [0.15, 0.2) is 0 Å². The molecule has 2 atom stereocenters. The van der Waals surface area contributed by atoms with Gasteiger partial charge in [0.05, 0.1) is 18.1 Å². The van der Waals surface area contributed by atoms with Crippen LogP contribution in [0.4, 0.5) is 0 Å². The standard InChI is InChI=1S/C33H40N4O3/c1-24(20-25-11-13-26(14-12-25)28-22-34-16-15-31(28)40-3)21-32(38)36-17-6-8-27(23-36)33-35-29-9-4-5-10-30(29)37(33)18-7-19-39-2/h4-5,9-16,22,24,27H,6-8,17-21,23H2,1-3H3/t24-,27-/m1/s1. The molecule has 0 saturated carbocycles. The van der Waals surface area contributed by atoms with E-state index < -0.39 is 0 Å². The number of piperidine rings is 1. The Morgan fingerprint density at radius 1 is 1.10 bits per heavy atom. The Hall–Kier alpha value is -3.71. The number of aromatic nitrogens is 3. The Balaban J connectivity index is 1.21. The Bertz CT molecular complexity index is 1420. The van der Waals surface area contributed by atoms with Crippen LogP contribution >= 0.6 is 0 Å². The van der Waals surface area contributed by atoms with Crippen molar-refractivity contribution in [2.24, 2.45) is 5.92 Å². The number of fused-ring (bicyclic) bond motifs is 1. The van der Waals surface area contributed by atoms with E-state index in [1.165, 1.54) is 11.1 Å². The molecular weight excluding hydrogens is 500 g/mol. The molecule has 1 aliphatic rings. The minimum absolute atomic E-state index is 0.246. The number of rotatable bonds is 11. The zero-order chi connectivity index (χ0) is 27.9. The lowest BCUT2D eigenvalue weighted by Gasteiger charge is -2.33. The van der Waals surface area contributed by atoms with Crippen molar-refractivity contribution in [1.29, 1.82) is 0 Å². The van der Waals surface area contributed by atoms with E-state index in [1.54, 1.807) is 20.4 Å². The number of hydrogen-bond donors (Lipinski definition) is 0. The van der Waals surface area contributed by atoms with E-state index in [-0.39, 0.29) is 17.7 Å². The topological polar surface area (TPSA) is 69.5 Å². The second-order valence-corrected chi connectivity index (χ2v) is 10.9.